The number of rotatable bonds is 7. The fraction of sp³-hybridized carbons (Fsp3) is 0.400. The van der Waals surface area contributed by atoms with Crippen LogP contribution in [-0.2, 0) is 6.42 Å². The molecule has 2 rings (SSSR count). The first-order chi connectivity index (χ1) is 8.90. The number of benzene rings is 1. The lowest BCUT2D eigenvalue weighted by molar-refractivity contribution is 0.579. The maximum atomic E-state index is 4.16. The topological polar surface area (TPSA) is 24.9 Å². The van der Waals surface area contributed by atoms with E-state index in [0.29, 0.717) is 5.92 Å². The maximum Gasteiger partial charge on any atom is 0.0794 e. The van der Waals surface area contributed by atoms with Crippen LogP contribution in [0.2, 0.25) is 0 Å². The van der Waals surface area contributed by atoms with E-state index in [4.69, 9.17) is 0 Å². The van der Waals surface area contributed by atoms with Crippen LogP contribution in [0.1, 0.15) is 29.7 Å². The van der Waals surface area contributed by atoms with Crippen molar-refractivity contribution in [1.29, 1.82) is 0 Å². The van der Waals surface area contributed by atoms with Gasteiger partial charge in [-0.25, -0.2) is 0 Å². The minimum absolute atomic E-state index is 0.540. The molecule has 0 fully saturated rings. The highest BCUT2D eigenvalue weighted by atomic mass is 32.1. The zero-order chi connectivity index (χ0) is 12.6. The van der Waals surface area contributed by atoms with Crippen molar-refractivity contribution in [2.24, 2.45) is 0 Å². The number of hydrogen-bond donors (Lipinski definition) is 1. The van der Waals surface area contributed by atoms with Gasteiger partial charge in [0.15, 0.2) is 0 Å². The molecule has 0 amide bonds. The normalized spacial score (nSPS) is 12.5. The molecular weight excluding hydrogens is 240 g/mol. The molecule has 1 N–H and O–H groups in total. The summed E-state index contributed by atoms with van der Waals surface area (Å²) in [5.41, 5.74) is 3.33. The number of nitrogens with one attached hydrogen (secondary N) is 1. The van der Waals surface area contributed by atoms with Gasteiger partial charge in [-0.15, -0.1) is 11.3 Å². The van der Waals surface area contributed by atoms with Gasteiger partial charge in [0.2, 0.25) is 0 Å². The molecule has 96 valence electrons. The molecule has 2 nitrogen and oxygen atoms in total. The summed E-state index contributed by atoms with van der Waals surface area (Å²) in [5.74, 6) is 0.540. The SMILES string of the molecule is CCCNCC(Cc1cncs1)c1ccccc1. The van der Waals surface area contributed by atoms with Gasteiger partial charge in [0.1, 0.15) is 0 Å². The largest absolute Gasteiger partial charge is 0.316 e. The van der Waals surface area contributed by atoms with Crippen molar-refractivity contribution in [1.82, 2.24) is 10.3 Å². The molecule has 0 aliphatic heterocycles. The van der Waals surface area contributed by atoms with E-state index >= 15 is 0 Å². The smallest absolute Gasteiger partial charge is 0.0794 e. The molecule has 0 saturated carbocycles. The third-order valence-electron chi connectivity index (χ3n) is 3.02. The molecule has 1 aromatic heterocycles. The molecule has 1 heterocycles. The Morgan fingerprint density at radius 3 is 2.78 bits per heavy atom. The Labute approximate surface area is 113 Å². The van der Waals surface area contributed by atoms with Crippen LogP contribution in [-0.4, -0.2) is 18.1 Å². The zero-order valence-electron chi connectivity index (χ0n) is 10.8. The predicted molar refractivity (Wildman–Crippen MR) is 78.2 cm³/mol. The molecule has 18 heavy (non-hydrogen) atoms. The lowest BCUT2D eigenvalue weighted by atomic mass is 9.95. The van der Waals surface area contributed by atoms with E-state index in [9.17, 15) is 0 Å². The molecule has 3 heteroatoms. The van der Waals surface area contributed by atoms with E-state index in [0.717, 1.165) is 19.5 Å². The Bertz CT molecular complexity index is 425. The second kappa shape index (κ2) is 7.29. The van der Waals surface area contributed by atoms with Gasteiger partial charge in [0, 0.05) is 23.5 Å². The van der Waals surface area contributed by atoms with Crippen LogP contribution in [0.25, 0.3) is 0 Å². The molecule has 2 aromatic rings. The van der Waals surface area contributed by atoms with Gasteiger partial charge in [-0.05, 0) is 24.9 Å². The Morgan fingerprint density at radius 1 is 1.28 bits per heavy atom. The van der Waals surface area contributed by atoms with E-state index in [1.807, 2.05) is 11.7 Å². The fourth-order valence-corrected chi connectivity index (χ4v) is 2.75. The molecule has 0 saturated heterocycles. The minimum atomic E-state index is 0.540. The van der Waals surface area contributed by atoms with E-state index in [1.165, 1.54) is 16.9 Å². The molecule has 0 radical (unpaired) electrons. The first-order valence-electron chi connectivity index (χ1n) is 6.53. The van der Waals surface area contributed by atoms with Gasteiger partial charge in [-0.1, -0.05) is 37.3 Å². The Hall–Kier alpha value is -1.19. The van der Waals surface area contributed by atoms with E-state index in [-0.39, 0.29) is 0 Å². The van der Waals surface area contributed by atoms with Gasteiger partial charge in [-0.2, -0.15) is 0 Å². The third kappa shape index (κ3) is 3.93. The number of thiazole rings is 1. The van der Waals surface area contributed by atoms with Crippen molar-refractivity contribution in [3.8, 4) is 0 Å². The van der Waals surface area contributed by atoms with E-state index < -0.39 is 0 Å². The highest BCUT2D eigenvalue weighted by Crippen LogP contribution is 2.22. The number of hydrogen-bond acceptors (Lipinski definition) is 3. The summed E-state index contributed by atoms with van der Waals surface area (Å²) in [6.07, 6.45) is 4.24. The van der Waals surface area contributed by atoms with E-state index in [1.54, 1.807) is 11.3 Å². The average molecular weight is 260 g/mol. The van der Waals surface area contributed by atoms with Crippen LogP contribution in [0, 0.1) is 0 Å². The second-order valence-corrected chi connectivity index (χ2v) is 5.45. The standard InChI is InChI=1S/C15H20N2S/c1-2-8-16-10-14(9-15-11-17-12-18-15)13-6-4-3-5-7-13/h3-7,11-12,14,16H,2,8-10H2,1H3. The summed E-state index contributed by atoms with van der Waals surface area (Å²) in [6, 6.07) is 10.8. The van der Waals surface area contributed by atoms with Crippen molar-refractivity contribution in [3.63, 3.8) is 0 Å². The van der Waals surface area contributed by atoms with Gasteiger partial charge >= 0.3 is 0 Å². The first-order valence-corrected chi connectivity index (χ1v) is 7.41. The molecule has 1 aromatic carbocycles. The van der Waals surface area contributed by atoms with Crippen molar-refractivity contribution in [2.75, 3.05) is 13.1 Å². The third-order valence-corrected chi connectivity index (χ3v) is 3.82. The van der Waals surface area contributed by atoms with Crippen LogP contribution in [0.3, 0.4) is 0 Å². The van der Waals surface area contributed by atoms with Crippen LogP contribution < -0.4 is 5.32 Å². The Balaban J connectivity index is 2.03. The summed E-state index contributed by atoms with van der Waals surface area (Å²) in [7, 11) is 0. The van der Waals surface area contributed by atoms with Crippen LogP contribution in [0.15, 0.2) is 42.0 Å². The average Bonchev–Trinajstić information content (AvgIpc) is 2.92. The molecule has 1 unspecified atom stereocenters. The second-order valence-electron chi connectivity index (χ2n) is 4.48. The monoisotopic (exact) mass is 260 g/mol. The van der Waals surface area contributed by atoms with Gasteiger partial charge in [-0.3, -0.25) is 4.98 Å². The lowest BCUT2D eigenvalue weighted by Crippen LogP contribution is -2.23. The molecule has 0 aliphatic carbocycles. The van der Waals surface area contributed by atoms with Gasteiger partial charge in [0.25, 0.3) is 0 Å². The summed E-state index contributed by atoms with van der Waals surface area (Å²) >= 11 is 1.75. The highest BCUT2D eigenvalue weighted by molar-refractivity contribution is 7.09. The first kappa shape index (κ1) is 13.2. The van der Waals surface area contributed by atoms with Gasteiger partial charge in [0.05, 0.1) is 5.51 Å². The van der Waals surface area contributed by atoms with Crippen molar-refractivity contribution >= 4 is 11.3 Å². The van der Waals surface area contributed by atoms with Gasteiger partial charge < -0.3 is 5.32 Å². The van der Waals surface area contributed by atoms with Crippen molar-refractivity contribution in [2.45, 2.75) is 25.7 Å². The quantitative estimate of drug-likeness (QED) is 0.771. The Kier molecular flexibility index (Phi) is 5.36. The summed E-state index contributed by atoms with van der Waals surface area (Å²) < 4.78 is 0. The molecule has 0 aliphatic rings. The summed E-state index contributed by atoms with van der Waals surface area (Å²) in [5, 5.41) is 3.53. The fourth-order valence-electron chi connectivity index (χ4n) is 2.07. The number of aromatic nitrogens is 1. The van der Waals surface area contributed by atoms with Crippen LogP contribution in [0.5, 0.6) is 0 Å². The maximum absolute atomic E-state index is 4.16. The van der Waals surface area contributed by atoms with Crippen LogP contribution >= 0.6 is 11.3 Å². The van der Waals surface area contributed by atoms with Crippen molar-refractivity contribution < 1.29 is 0 Å². The zero-order valence-corrected chi connectivity index (χ0v) is 11.6. The van der Waals surface area contributed by atoms with Crippen LogP contribution in [0.4, 0.5) is 0 Å². The van der Waals surface area contributed by atoms with E-state index in [2.05, 4.69) is 47.6 Å². The molecule has 0 spiro atoms. The van der Waals surface area contributed by atoms with Crippen molar-refractivity contribution in [3.05, 3.63) is 52.5 Å². The predicted octanol–water partition coefficient (Wildman–Crippen LogP) is 3.47. The Morgan fingerprint density at radius 2 is 2.11 bits per heavy atom. The lowest BCUT2D eigenvalue weighted by Gasteiger charge is -2.17. The minimum Gasteiger partial charge on any atom is -0.316 e. The number of nitrogens with zero attached hydrogens (tertiary/aromatic N) is 1. The molecular formula is C15H20N2S. The molecule has 0 bridgehead atoms. The molecule has 1 atom stereocenters. The highest BCUT2D eigenvalue weighted by Gasteiger charge is 2.12. The summed E-state index contributed by atoms with van der Waals surface area (Å²) in [6.45, 7) is 4.33. The summed E-state index contributed by atoms with van der Waals surface area (Å²) in [4.78, 5) is 5.53.